The van der Waals surface area contributed by atoms with Gasteiger partial charge in [-0.1, -0.05) is 24.6 Å². The first-order chi connectivity index (χ1) is 9.90. The quantitative estimate of drug-likeness (QED) is 0.880. The lowest BCUT2D eigenvalue weighted by Crippen LogP contribution is -2.19. The predicted octanol–water partition coefficient (Wildman–Crippen LogP) is 4.12. The van der Waals surface area contributed by atoms with Gasteiger partial charge < -0.3 is 9.88 Å². The smallest absolute Gasteiger partial charge is 0.244 e. The molecule has 0 radical (unpaired) electrons. The zero-order valence-corrected chi connectivity index (χ0v) is 14.5. The molecule has 2 aromatic rings. The standard InChI is InChI=1S/C15H17BrClN3O/c1-4-11-7-20(15(16)18-11)8-13(21)19-14-10(3)5-9(2)6-12(14)17/h5-7H,4,8H2,1-3H3,(H,19,21). The summed E-state index contributed by atoms with van der Waals surface area (Å²) in [5.41, 5.74) is 3.63. The number of nitrogens with one attached hydrogen (secondary N) is 1. The van der Waals surface area contributed by atoms with Crippen LogP contribution in [0.25, 0.3) is 0 Å². The highest BCUT2D eigenvalue weighted by atomic mass is 79.9. The molecule has 4 nitrogen and oxygen atoms in total. The summed E-state index contributed by atoms with van der Waals surface area (Å²) in [4.78, 5) is 16.5. The van der Waals surface area contributed by atoms with Crippen molar-refractivity contribution < 1.29 is 4.79 Å². The number of anilines is 1. The van der Waals surface area contributed by atoms with Crippen LogP contribution in [0.4, 0.5) is 5.69 Å². The first-order valence-corrected chi connectivity index (χ1v) is 7.86. The van der Waals surface area contributed by atoms with Crippen molar-refractivity contribution in [2.24, 2.45) is 0 Å². The maximum atomic E-state index is 12.2. The average molecular weight is 371 g/mol. The summed E-state index contributed by atoms with van der Waals surface area (Å²) in [6.45, 7) is 6.11. The van der Waals surface area contributed by atoms with Gasteiger partial charge in [-0.15, -0.1) is 0 Å². The van der Waals surface area contributed by atoms with Crippen LogP contribution in [0.15, 0.2) is 23.1 Å². The van der Waals surface area contributed by atoms with Crippen LogP contribution in [0.5, 0.6) is 0 Å². The van der Waals surface area contributed by atoms with Crippen LogP contribution >= 0.6 is 27.5 Å². The first kappa shape index (κ1) is 16.0. The normalized spacial score (nSPS) is 10.7. The molecule has 1 aromatic heterocycles. The second-order valence-electron chi connectivity index (χ2n) is 4.97. The largest absolute Gasteiger partial charge is 0.323 e. The number of carbonyl (C=O) groups is 1. The molecule has 0 bridgehead atoms. The third-order valence-corrected chi connectivity index (χ3v) is 4.08. The zero-order chi connectivity index (χ0) is 15.6. The number of amides is 1. The van der Waals surface area contributed by atoms with Gasteiger partial charge in [0.2, 0.25) is 5.91 Å². The number of halogens is 2. The van der Waals surface area contributed by atoms with Crippen molar-refractivity contribution in [3.05, 3.63) is 44.9 Å². The molecule has 0 atom stereocenters. The molecule has 112 valence electrons. The summed E-state index contributed by atoms with van der Waals surface area (Å²) >= 11 is 9.55. The van der Waals surface area contributed by atoms with Crippen LogP contribution in [0.1, 0.15) is 23.7 Å². The Morgan fingerprint density at radius 2 is 2.14 bits per heavy atom. The van der Waals surface area contributed by atoms with E-state index in [1.54, 1.807) is 4.57 Å². The molecule has 1 N–H and O–H groups in total. The molecule has 6 heteroatoms. The van der Waals surface area contributed by atoms with Crippen LogP contribution in [-0.2, 0) is 17.8 Å². The summed E-state index contributed by atoms with van der Waals surface area (Å²) in [7, 11) is 0. The van der Waals surface area contributed by atoms with Crippen molar-refractivity contribution >= 4 is 39.1 Å². The topological polar surface area (TPSA) is 46.9 Å². The Morgan fingerprint density at radius 3 is 2.71 bits per heavy atom. The third kappa shape index (κ3) is 3.86. The van der Waals surface area contributed by atoms with Gasteiger partial charge in [0.25, 0.3) is 0 Å². The van der Waals surface area contributed by atoms with Gasteiger partial charge >= 0.3 is 0 Å². The van der Waals surface area contributed by atoms with E-state index in [0.717, 1.165) is 23.2 Å². The Balaban J connectivity index is 2.13. The van der Waals surface area contributed by atoms with Gasteiger partial charge in [-0.05, 0) is 53.4 Å². The lowest BCUT2D eigenvalue weighted by atomic mass is 10.1. The molecule has 0 saturated carbocycles. The van der Waals surface area contributed by atoms with Crippen LogP contribution in [0.2, 0.25) is 5.02 Å². The second-order valence-corrected chi connectivity index (χ2v) is 6.09. The van der Waals surface area contributed by atoms with E-state index in [4.69, 9.17) is 11.6 Å². The number of imidazole rings is 1. The highest BCUT2D eigenvalue weighted by Crippen LogP contribution is 2.27. The minimum absolute atomic E-state index is 0.135. The maximum Gasteiger partial charge on any atom is 0.244 e. The molecule has 1 heterocycles. The molecule has 0 saturated heterocycles. The number of rotatable bonds is 4. The molecule has 0 aliphatic carbocycles. The summed E-state index contributed by atoms with van der Waals surface area (Å²) in [6, 6.07) is 3.83. The van der Waals surface area contributed by atoms with Gasteiger partial charge in [-0.3, -0.25) is 4.79 Å². The number of nitrogens with zero attached hydrogens (tertiary/aromatic N) is 2. The van der Waals surface area contributed by atoms with Gasteiger partial charge in [-0.2, -0.15) is 0 Å². The van der Waals surface area contributed by atoms with Crippen LogP contribution in [0.3, 0.4) is 0 Å². The van der Waals surface area contributed by atoms with E-state index >= 15 is 0 Å². The Hall–Kier alpha value is -1.33. The number of benzene rings is 1. The minimum Gasteiger partial charge on any atom is -0.323 e. The maximum absolute atomic E-state index is 12.2. The molecule has 0 aliphatic rings. The summed E-state index contributed by atoms with van der Waals surface area (Å²) < 4.78 is 2.42. The van der Waals surface area contributed by atoms with Gasteiger partial charge in [0, 0.05) is 6.20 Å². The van der Waals surface area contributed by atoms with Gasteiger partial charge in [0.05, 0.1) is 16.4 Å². The number of hydrogen-bond donors (Lipinski definition) is 1. The van der Waals surface area contributed by atoms with Crippen molar-refractivity contribution in [1.82, 2.24) is 9.55 Å². The summed E-state index contributed by atoms with van der Waals surface area (Å²) in [5.74, 6) is -0.135. The predicted molar refractivity (Wildman–Crippen MR) is 88.9 cm³/mol. The molecular weight excluding hydrogens is 354 g/mol. The number of hydrogen-bond acceptors (Lipinski definition) is 2. The van der Waals surface area contributed by atoms with E-state index in [1.165, 1.54) is 0 Å². The number of carbonyl (C=O) groups excluding carboxylic acids is 1. The van der Waals surface area contributed by atoms with Crippen LogP contribution in [-0.4, -0.2) is 15.5 Å². The van der Waals surface area contributed by atoms with Crippen molar-refractivity contribution in [2.45, 2.75) is 33.7 Å². The Bertz CT molecular complexity index is 659. The van der Waals surface area contributed by atoms with E-state index in [2.05, 4.69) is 26.2 Å². The van der Waals surface area contributed by atoms with Crippen molar-refractivity contribution in [1.29, 1.82) is 0 Å². The highest BCUT2D eigenvalue weighted by molar-refractivity contribution is 9.10. The van der Waals surface area contributed by atoms with Gasteiger partial charge in [0.15, 0.2) is 4.73 Å². The molecule has 1 amide bonds. The van der Waals surface area contributed by atoms with Crippen LogP contribution < -0.4 is 5.32 Å². The van der Waals surface area contributed by atoms with E-state index < -0.39 is 0 Å². The second kappa shape index (κ2) is 6.62. The molecule has 1 aromatic carbocycles. The van der Waals surface area contributed by atoms with Gasteiger partial charge in [0.1, 0.15) is 6.54 Å². The highest BCUT2D eigenvalue weighted by Gasteiger charge is 2.12. The monoisotopic (exact) mass is 369 g/mol. The molecule has 0 aliphatic heterocycles. The van der Waals surface area contributed by atoms with Crippen molar-refractivity contribution in [3.8, 4) is 0 Å². The molecule has 0 unspecified atom stereocenters. The summed E-state index contributed by atoms with van der Waals surface area (Å²) in [6.07, 6.45) is 2.70. The fourth-order valence-corrected chi connectivity index (χ4v) is 2.96. The first-order valence-electron chi connectivity index (χ1n) is 6.68. The SMILES string of the molecule is CCc1cn(CC(=O)Nc2c(C)cc(C)cc2Cl)c(Br)n1. The fraction of sp³-hybridized carbons (Fsp3) is 0.333. The van der Waals surface area contributed by atoms with Crippen LogP contribution in [0, 0.1) is 13.8 Å². The minimum atomic E-state index is -0.135. The fourth-order valence-electron chi connectivity index (χ4n) is 2.13. The van der Waals surface area contributed by atoms with Crippen molar-refractivity contribution in [2.75, 3.05) is 5.32 Å². The summed E-state index contributed by atoms with van der Waals surface area (Å²) in [5, 5.41) is 3.42. The Labute approximate surface area is 137 Å². The molecular formula is C15H17BrClN3O. The number of aryl methyl sites for hydroxylation is 3. The molecule has 2 rings (SSSR count). The lowest BCUT2D eigenvalue weighted by Gasteiger charge is -2.12. The Kier molecular flexibility index (Phi) is 5.06. The van der Waals surface area contributed by atoms with E-state index in [-0.39, 0.29) is 12.5 Å². The third-order valence-electron chi connectivity index (χ3n) is 3.15. The van der Waals surface area contributed by atoms with Gasteiger partial charge in [-0.25, -0.2) is 4.98 Å². The molecule has 21 heavy (non-hydrogen) atoms. The average Bonchev–Trinajstić information content (AvgIpc) is 2.74. The lowest BCUT2D eigenvalue weighted by molar-refractivity contribution is -0.116. The van der Waals surface area contributed by atoms with E-state index in [9.17, 15) is 4.79 Å². The van der Waals surface area contributed by atoms with E-state index in [1.807, 2.05) is 39.1 Å². The van der Waals surface area contributed by atoms with Crippen molar-refractivity contribution in [3.63, 3.8) is 0 Å². The molecule has 0 fully saturated rings. The van der Waals surface area contributed by atoms with E-state index in [0.29, 0.717) is 15.4 Å². The Morgan fingerprint density at radius 1 is 1.43 bits per heavy atom. The zero-order valence-electron chi connectivity index (χ0n) is 12.2. The number of aromatic nitrogens is 2. The molecule has 0 spiro atoms.